The molecule has 0 aliphatic heterocycles. The van der Waals surface area contributed by atoms with Crippen LogP contribution in [0.15, 0.2) is 30.3 Å². The van der Waals surface area contributed by atoms with Crippen molar-refractivity contribution >= 4 is 12.4 Å². The van der Waals surface area contributed by atoms with Gasteiger partial charge in [0.25, 0.3) is 0 Å². The lowest BCUT2D eigenvalue weighted by Crippen LogP contribution is -2.32. The average Bonchev–Trinajstić information content (AvgIpc) is 2.51. The van der Waals surface area contributed by atoms with Crippen molar-refractivity contribution in [2.45, 2.75) is 38.1 Å². The Morgan fingerprint density at radius 1 is 1.19 bits per heavy atom. The first-order valence-corrected chi connectivity index (χ1v) is 6.87. The van der Waals surface area contributed by atoms with Crippen molar-refractivity contribution in [1.82, 2.24) is 5.32 Å². The number of carbonyl (C=O) groups is 2. The molecule has 0 spiro atoms. The molecule has 21 heavy (non-hydrogen) atoms. The summed E-state index contributed by atoms with van der Waals surface area (Å²) in [5.74, 6) is 0. The van der Waals surface area contributed by atoms with Gasteiger partial charge in [-0.15, -0.1) is 0 Å². The number of benzene rings is 1. The van der Waals surface area contributed by atoms with Crippen LogP contribution in [0.25, 0.3) is 0 Å². The number of aliphatic hydroxyl groups is 2. The van der Waals surface area contributed by atoms with Gasteiger partial charge in [0.15, 0.2) is 0 Å². The van der Waals surface area contributed by atoms with E-state index in [2.05, 4.69) is 5.32 Å². The van der Waals surface area contributed by atoms with Crippen molar-refractivity contribution in [3.8, 4) is 0 Å². The van der Waals surface area contributed by atoms with Crippen LogP contribution >= 0.6 is 0 Å². The molecule has 0 aromatic heterocycles. The van der Waals surface area contributed by atoms with Gasteiger partial charge in [0.05, 0.1) is 12.2 Å². The van der Waals surface area contributed by atoms with E-state index in [1.807, 2.05) is 30.3 Å². The summed E-state index contributed by atoms with van der Waals surface area (Å²) in [5, 5.41) is 21.6. The summed E-state index contributed by atoms with van der Waals surface area (Å²) in [5.41, 5.74) is 0.886. The summed E-state index contributed by atoms with van der Waals surface area (Å²) in [6.45, 7) is 0.365. The number of rotatable bonds is 9. The summed E-state index contributed by atoms with van der Waals surface area (Å²) < 4.78 is 4.99. The molecule has 116 valence electrons. The second kappa shape index (κ2) is 9.90. The molecule has 6 nitrogen and oxygen atoms in total. The third-order valence-electron chi connectivity index (χ3n) is 2.95. The zero-order valence-corrected chi connectivity index (χ0v) is 11.8. The minimum atomic E-state index is -0.973. The van der Waals surface area contributed by atoms with E-state index in [1.54, 1.807) is 0 Å². The SMILES string of the molecule is O=CCC[C@H](O)[C@H](O)CCNC(=O)OCc1ccccc1. The minimum Gasteiger partial charge on any atom is -0.445 e. The molecule has 1 rings (SSSR count). The van der Waals surface area contributed by atoms with Crippen LogP contribution in [-0.2, 0) is 16.1 Å². The Labute approximate surface area is 123 Å². The molecular formula is C15H21NO5. The molecule has 6 heteroatoms. The fourth-order valence-electron chi connectivity index (χ4n) is 1.72. The lowest BCUT2D eigenvalue weighted by Gasteiger charge is -2.16. The Kier molecular flexibility index (Phi) is 8.08. The van der Waals surface area contributed by atoms with Crippen LogP contribution in [0, 0.1) is 0 Å². The monoisotopic (exact) mass is 295 g/mol. The number of hydrogen-bond acceptors (Lipinski definition) is 5. The summed E-state index contributed by atoms with van der Waals surface area (Å²) in [7, 11) is 0. The molecule has 0 saturated heterocycles. The molecule has 1 aromatic carbocycles. The van der Waals surface area contributed by atoms with E-state index in [1.165, 1.54) is 0 Å². The number of aldehydes is 1. The molecule has 1 amide bonds. The highest BCUT2D eigenvalue weighted by atomic mass is 16.5. The Morgan fingerprint density at radius 2 is 1.86 bits per heavy atom. The van der Waals surface area contributed by atoms with Crippen LogP contribution in [0.4, 0.5) is 4.79 Å². The van der Waals surface area contributed by atoms with Crippen LogP contribution in [0.1, 0.15) is 24.8 Å². The van der Waals surface area contributed by atoms with Gasteiger partial charge in [-0.3, -0.25) is 0 Å². The number of ether oxygens (including phenoxy) is 1. The Morgan fingerprint density at radius 3 is 2.52 bits per heavy atom. The van der Waals surface area contributed by atoms with Crippen LogP contribution in [-0.4, -0.2) is 41.3 Å². The fourth-order valence-corrected chi connectivity index (χ4v) is 1.72. The third-order valence-corrected chi connectivity index (χ3v) is 2.95. The van der Waals surface area contributed by atoms with Crippen molar-refractivity contribution in [2.24, 2.45) is 0 Å². The third kappa shape index (κ3) is 7.43. The summed E-state index contributed by atoms with van der Waals surface area (Å²) in [6.07, 6.45) is -1.21. The van der Waals surface area contributed by atoms with Gasteiger partial charge in [0.2, 0.25) is 0 Å². The first kappa shape index (κ1) is 17.1. The van der Waals surface area contributed by atoms with E-state index < -0.39 is 18.3 Å². The Bertz CT molecular complexity index is 423. The maximum atomic E-state index is 11.4. The van der Waals surface area contributed by atoms with Crippen molar-refractivity contribution in [1.29, 1.82) is 0 Å². The predicted octanol–water partition coefficient (Wildman–Crippen LogP) is 1.00. The topological polar surface area (TPSA) is 95.9 Å². The summed E-state index contributed by atoms with van der Waals surface area (Å²) in [6, 6.07) is 9.28. The zero-order chi connectivity index (χ0) is 15.5. The largest absolute Gasteiger partial charge is 0.445 e. The lowest BCUT2D eigenvalue weighted by molar-refractivity contribution is -0.108. The predicted molar refractivity (Wildman–Crippen MR) is 76.6 cm³/mol. The second-order valence-electron chi connectivity index (χ2n) is 4.66. The number of nitrogens with one attached hydrogen (secondary N) is 1. The summed E-state index contributed by atoms with van der Waals surface area (Å²) >= 11 is 0. The van der Waals surface area contributed by atoms with Gasteiger partial charge in [0, 0.05) is 13.0 Å². The number of aliphatic hydroxyl groups excluding tert-OH is 2. The standard InChI is InChI=1S/C15H21NO5/c17-10-4-7-13(18)14(19)8-9-16-15(20)21-11-12-5-2-1-3-6-12/h1-3,5-6,10,13-14,18-19H,4,7-9,11H2,(H,16,20)/t13-,14+/m0/s1. The fraction of sp³-hybridized carbons (Fsp3) is 0.467. The molecule has 0 aliphatic rings. The molecule has 0 saturated carbocycles. The molecule has 3 N–H and O–H groups in total. The molecular weight excluding hydrogens is 274 g/mol. The van der Waals surface area contributed by atoms with Gasteiger partial charge in [-0.25, -0.2) is 4.79 Å². The van der Waals surface area contributed by atoms with Gasteiger partial charge in [-0.1, -0.05) is 30.3 Å². The molecule has 1 aromatic rings. The van der Waals surface area contributed by atoms with E-state index in [-0.39, 0.29) is 32.4 Å². The lowest BCUT2D eigenvalue weighted by atomic mass is 10.1. The van der Waals surface area contributed by atoms with E-state index in [9.17, 15) is 19.8 Å². The van der Waals surface area contributed by atoms with Crippen molar-refractivity contribution in [3.63, 3.8) is 0 Å². The highest BCUT2D eigenvalue weighted by Crippen LogP contribution is 2.05. The average molecular weight is 295 g/mol. The first-order valence-electron chi connectivity index (χ1n) is 6.87. The van der Waals surface area contributed by atoms with Gasteiger partial charge in [0.1, 0.15) is 12.9 Å². The molecule has 2 atom stereocenters. The van der Waals surface area contributed by atoms with Crippen molar-refractivity contribution in [2.75, 3.05) is 6.54 Å². The van der Waals surface area contributed by atoms with Crippen molar-refractivity contribution < 1.29 is 24.5 Å². The van der Waals surface area contributed by atoms with Gasteiger partial charge < -0.3 is 25.1 Å². The normalized spacial score (nSPS) is 13.2. The molecule has 0 aliphatic carbocycles. The molecule has 0 bridgehead atoms. The van der Waals surface area contributed by atoms with Gasteiger partial charge in [-0.05, 0) is 18.4 Å². The van der Waals surface area contributed by atoms with Gasteiger partial charge >= 0.3 is 6.09 Å². The van der Waals surface area contributed by atoms with E-state index in [4.69, 9.17) is 4.74 Å². The maximum absolute atomic E-state index is 11.4. The quantitative estimate of drug-likeness (QED) is 0.591. The number of hydrogen-bond donors (Lipinski definition) is 3. The Hall–Kier alpha value is -1.92. The van der Waals surface area contributed by atoms with Crippen LogP contribution in [0.2, 0.25) is 0 Å². The smallest absolute Gasteiger partial charge is 0.407 e. The van der Waals surface area contributed by atoms with Crippen LogP contribution < -0.4 is 5.32 Å². The first-order chi connectivity index (χ1) is 10.1. The van der Waals surface area contributed by atoms with E-state index in [0.29, 0.717) is 6.29 Å². The molecule has 0 radical (unpaired) electrons. The van der Waals surface area contributed by atoms with Crippen LogP contribution in [0.5, 0.6) is 0 Å². The van der Waals surface area contributed by atoms with Crippen LogP contribution in [0.3, 0.4) is 0 Å². The summed E-state index contributed by atoms with van der Waals surface area (Å²) in [4.78, 5) is 21.6. The van der Waals surface area contributed by atoms with E-state index in [0.717, 1.165) is 5.56 Å². The van der Waals surface area contributed by atoms with Gasteiger partial charge in [-0.2, -0.15) is 0 Å². The van der Waals surface area contributed by atoms with Crippen molar-refractivity contribution in [3.05, 3.63) is 35.9 Å². The maximum Gasteiger partial charge on any atom is 0.407 e. The Balaban J connectivity index is 2.14. The molecule has 0 heterocycles. The number of carbonyl (C=O) groups excluding carboxylic acids is 2. The minimum absolute atomic E-state index is 0.178. The van der Waals surface area contributed by atoms with E-state index >= 15 is 0 Å². The zero-order valence-electron chi connectivity index (χ0n) is 11.8. The second-order valence-corrected chi connectivity index (χ2v) is 4.66. The number of amides is 1. The molecule has 0 fully saturated rings. The number of alkyl carbamates (subject to hydrolysis) is 1. The highest BCUT2D eigenvalue weighted by Gasteiger charge is 2.15. The highest BCUT2D eigenvalue weighted by molar-refractivity contribution is 5.67. The molecule has 0 unspecified atom stereocenters.